The number of nitrogens with zero attached hydrogens (tertiary/aromatic N) is 5. The highest BCUT2D eigenvalue weighted by molar-refractivity contribution is 6.32. The molecule has 11 heteroatoms. The number of hydrogen-bond acceptors (Lipinski definition) is 7. The lowest BCUT2D eigenvalue weighted by atomic mass is 9.77. The van der Waals surface area contributed by atoms with E-state index in [1.54, 1.807) is 54.2 Å². The quantitative estimate of drug-likeness (QED) is 0.328. The van der Waals surface area contributed by atoms with Crippen molar-refractivity contribution in [3.8, 4) is 17.3 Å². The number of fused-ring (bicyclic) bond motifs is 2. The molecule has 1 aliphatic heterocycles. The summed E-state index contributed by atoms with van der Waals surface area (Å²) < 4.78 is 16.1. The first-order valence-electron chi connectivity index (χ1n) is 11.3. The molecule has 0 saturated carbocycles. The van der Waals surface area contributed by atoms with Crippen LogP contribution in [0.15, 0.2) is 61.1 Å². The van der Waals surface area contributed by atoms with Crippen molar-refractivity contribution >= 4 is 34.8 Å². The molecule has 0 saturated heterocycles. The first-order valence-corrected chi connectivity index (χ1v) is 11.7. The van der Waals surface area contributed by atoms with Crippen molar-refractivity contribution in [2.45, 2.75) is 18.8 Å². The second-order valence-electron chi connectivity index (χ2n) is 8.90. The molecule has 0 aliphatic carbocycles. The maximum absolute atomic E-state index is 14.4. The highest BCUT2D eigenvalue weighted by Gasteiger charge is 2.47. The minimum absolute atomic E-state index is 0.0819. The number of rotatable bonds is 4. The van der Waals surface area contributed by atoms with Crippen LogP contribution in [0.4, 0.5) is 16.0 Å². The first-order chi connectivity index (χ1) is 17.8. The van der Waals surface area contributed by atoms with Crippen LogP contribution in [0.2, 0.25) is 5.02 Å². The van der Waals surface area contributed by atoms with E-state index in [-0.39, 0.29) is 46.4 Å². The van der Waals surface area contributed by atoms with E-state index >= 15 is 0 Å². The Bertz CT molecular complexity index is 1740. The number of nitrogens with one attached hydrogen (secondary N) is 1. The number of phenols is 1. The Balaban J connectivity index is 1.47. The van der Waals surface area contributed by atoms with Gasteiger partial charge in [-0.2, -0.15) is 0 Å². The zero-order valence-electron chi connectivity index (χ0n) is 19.4. The fourth-order valence-electron chi connectivity index (χ4n) is 4.67. The van der Waals surface area contributed by atoms with Crippen molar-refractivity contribution in [1.82, 2.24) is 24.3 Å². The molecule has 1 atom stereocenters. The molecule has 2 aromatic carbocycles. The van der Waals surface area contributed by atoms with Crippen LogP contribution in [-0.4, -0.2) is 35.4 Å². The molecule has 37 heavy (non-hydrogen) atoms. The second kappa shape index (κ2) is 8.24. The smallest absolute Gasteiger partial charge is 0.240 e. The van der Waals surface area contributed by atoms with E-state index in [1.165, 1.54) is 18.2 Å². The molecule has 0 radical (unpaired) electrons. The summed E-state index contributed by atoms with van der Waals surface area (Å²) in [4.78, 5) is 31.3. The topological polar surface area (TPSA) is 131 Å². The van der Waals surface area contributed by atoms with E-state index in [0.717, 1.165) is 0 Å². The van der Waals surface area contributed by atoms with E-state index in [2.05, 4.69) is 20.3 Å². The average molecular weight is 516 g/mol. The summed E-state index contributed by atoms with van der Waals surface area (Å²) in [6.07, 6.45) is 5.27. The minimum atomic E-state index is -1.25. The largest absolute Gasteiger partial charge is 0.506 e. The number of carbonyl (C=O) groups excluding carboxylic acids is 1. The number of nitrogens with two attached hydrogens (primary N) is 1. The van der Waals surface area contributed by atoms with Gasteiger partial charge in [-0.1, -0.05) is 35.9 Å². The number of nitrogen functional groups attached to an aromatic ring is 1. The van der Waals surface area contributed by atoms with Crippen molar-refractivity contribution in [2.75, 3.05) is 11.1 Å². The monoisotopic (exact) mass is 515 g/mol. The molecule has 4 N–H and O–H groups in total. The Morgan fingerprint density at radius 1 is 1.19 bits per heavy atom. The summed E-state index contributed by atoms with van der Waals surface area (Å²) in [5.74, 6) is -0.359. The molecule has 6 rings (SSSR count). The highest BCUT2D eigenvalue weighted by atomic mass is 35.5. The highest BCUT2D eigenvalue weighted by Crippen LogP contribution is 2.46. The average Bonchev–Trinajstić information content (AvgIpc) is 3.45. The van der Waals surface area contributed by atoms with Crippen LogP contribution in [0, 0.1) is 5.82 Å². The minimum Gasteiger partial charge on any atom is -0.506 e. The van der Waals surface area contributed by atoms with Crippen molar-refractivity contribution in [1.29, 1.82) is 0 Å². The van der Waals surface area contributed by atoms with E-state index in [1.807, 2.05) is 0 Å². The van der Waals surface area contributed by atoms with Crippen molar-refractivity contribution in [3.05, 3.63) is 94.3 Å². The normalized spacial score (nSPS) is 16.7. The molecule has 0 unspecified atom stereocenters. The third kappa shape index (κ3) is 3.56. The number of carbonyl (C=O) groups is 1. The van der Waals surface area contributed by atoms with Gasteiger partial charge in [0, 0.05) is 25.0 Å². The van der Waals surface area contributed by atoms with E-state index in [0.29, 0.717) is 33.7 Å². The lowest BCUT2D eigenvalue weighted by Crippen LogP contribution is -2.32. The van der Waals surface area contributed by atoms with Gasteiger partial charge in [0.2, 0.25) is 5.91 Å². The Hall–Kier alpha value is -4.57. The van der Waals surface area contributed by atoms with Gasteiger partial charge >= 0.3 is 0 Å². The number of halogens is 2. The number of imidazole rings is 1. The Labute approximate surface area is 214 Å². The molecule has 5 aromatic rings. The molecular weight excluding hydrogens is 497 g/mol. The lowest BCUT2D eigenvalue weighted by Gasteiger charge is -2.23. The van der Waals surface area contributed by atoms with Crippen LogP contribution >= 0.6 is 11.6 Å². The van der Waals surface area contributed by atoms with Gasteiger partial charge in [-0.05, 0) is 36.2 Å². The summed E-state index contributed by atoms with van der Waals surface area (Å²) in [5, 5.41) is 13.1. The molecule has 1 amide bonds. The van der Waals surface area contributed by atoms with E-state index < -0.39 is 5.41 Å². The van der Waals surface area contributed by atoms with Crippen molar-refractivity contribution < 1.29 is 14.3 Å². The molecular formula is C26H19ClFN7O2. The number of aromatic nitrogens is 5. The van der Waals surface area contributed by atoms with Crippen molar-refractivity contribution in [2.24, 2.45) is 0 Å². The fraction of sp³-hybridized carbons (Fsp3) is 0.115. The Morgan fingerprint density at radius 3 is 2.78 bits per heavy atom. The molecule has 0 bridgehead atoms. The summed E-state index contributed by atoms with van der Waals surface area (Å²) in [7, 11) is 0. The number of amides is 1. The molecule has 9 nitrogen and oxygen atoms in total. The molecule has 4 heterocycles. The predicted octanol–water partition coefficient (Wildman–Crippen LogP) is 4.12. The van der Waals surface area contributed by atoms with E-state index in [9.17, 15) is 14.3 Å². The third-order valence-corrected chi connectivity index (χ3v) is 6.95. The Kier molecular flexibility index (Phi) is 5.09. The third-order valence-electron chi connectivity index (χ3n) is 6.63. The zero-order chi connectivity index (χ0) is 25.9. The van der Waals surface area contributed by atoms with Gasteiger partial charge in [0.05, 0.1) is 16.3 Å². The Morgan fingerprint density at radius 2 is 2.00 bits per heavy atom. The maximum atomic E-state index is 14.4. The summed E-state index contributed by atoms with van der Waals surface area (Å²) in [6.45, 7) is 1.68. The van der Waals surface area contributed by atoms with Crippen molar-refractivity contribution in [3.63, 3.8) is 0 Å². The van der Waals surface area contributed by atoms with Gasteiger partial charge in [-0.25, -0.2) is 24.3 Å². The summed E-state index contributed by atoms with van der Waals surface area (Å²) >= 11 is 5.96. The summed E-state index contributed by atoms with van der Waals surface area (Å²) in [5.41, 5.74) is 7.97. The number of hydrogen-bond donors (Lipinski definition) is 3. The van der Waals surface area contributed by atoms with Crippen LogP contribution in [0.25, 0.3) is 17.2 Å². The molecule has 0 fully saturated rings. The van der Waals surface area contributed by atoms with Crippen LogP contribution in [0.5, 0.6) is 5.75 Å². The first kappa shape index (κ1) is 22.9. The number of benzene rings is 2. The van der Waals surface area contributed by atoms with Gasteiger partial charge in [0.15, 0.2) is 11.5 Å². The SMILES string of the molecule is C[C@@]1(c2ccc(Cl)c(O)c2)C(=O)Nc2nc(-c3cn4ccnc4c(Cc4ccccc4F)n3)nc(N)c21. The number of phenolic OH excluding ortho intramolecular Hbond substituents is 1. The van der Waals surface area contributed by atoms with Gasteiger partial charge in [0.25, 0.3) is 0 Å². The lowest BCUT2D eigenvalue weighted by molar-refractivity contribution is -0.119. The number of anilines is 2. The van der Waals surface area contributed by atoms with Gasteiger partial charge in [-0.3, -0.25) is 4.79 Å². The number of aromatic hydroxyl groups is 1. The zero-order valence-corrected chi connectivity index (χ0v) is 20.2. The van der Waals surface area contributed by atoms with Crippen LogP contribution in [-0.2, 0) is 16.6 Å². The van der Waals surface area contributed by atoms with Crippen LogP contribution in [0.1, 0.15) is 29.3 Å². The van der Waals surface area contributed by atoms with Gasteiger partial charge < -0.3 is 20.6 Å². The second-order valence-corrected chi connectivity index (χ2v) is 9.31. The van der Waals surface area contributed by atoms with Gasteiger partial charge in [0.1, 0.15) is 34.3 Å². The molecule has 0 spiro atoms. The maximum Gasteiger partial charge on any atom is 0.240 e. The predicted molar refractivity (Wildman–Crippen MR) is 136 cm³/mol. The molecule has 1 aliphatic rings. The summed E-state index contributed by atoms with van der Waals surface area (Å²) in [6, 6.07) is 11.1. The van der Waals surface area contributed by atoms with Crippen LogP contribution < -0.4 is 11.1 Å². The molecule has 184 valence electrons. The van der Waals surface area contributed by atoms with Crippen LogP contribution in [0.3, 0.4) is 0 Å². The van der Waals surface area contributed by atoms with Gasteiger partial charge in [-0.15, -0.1) is 0 Å². The van der Waals surface area contributed by atoms with E-state index in [4.69, 9.17) is 22.3 Å². The molecule has 3 aromatic heterocycles. The fourth-order valence-corrected chi connectivity index (χ4v) is 4.78. The standard InChI is InChI=1S/C26H19ClFN7O2/c1-26(14-6-7-15(27)19(36)11-14)20-21(29)32-22(33-23(20)34-25(26)37)18-12-35-9-8-30-24(35)17(31-18)10-13-4-2-3-5-16(13)28/h2-9,11-12,36H,10H2,1H3,(H3,29,32,33,34,37)/t26-/m0/s1.